The van der Waals surface area contributed by atoms with Gasteiger partial charge in [-0.25, -0.2) is 4.98 Å². The fourth-order valence-corrected chi connectivity index (χ4v) is 2.32. The molecule has 0 saturated carbocycles. The fraction of sp³-hybridized carbons (Fsp3) is 0.312. The number of nitrogens with one attached hydrogen (secondary N) is 1. The summed E-state index contributed by atoms with van der Waals surface area (Å²) in [5, 5.41) is 3.30. The van der Waals surface area contributed by atoms with Crippen LogP contribution in [0, 0.1) is 6.92 Å². The van der Waals surface area contributed by atoms with E-state index in [1.54, 1.807) is 6.20 Å². The highest BCUT2D eigenvalue weighted by Crippen LogP contribution is 2.32. The maximum atomic E-state index is 6.04. The number of aromatic nitrogens is 1. The Kier molecular flexibility index (Phi) is 4.58. The molecule has 1 unspecified atom stereocenters. The molecule has 2 rings (SSSR count). The van der Waals surface area contributed by atoms with Crippen LogP contribution < -0.4 is 15.8 Å². The van der Waals surface area contributed by atoms with E-state index in [9.17, 15) is 0 Å². The van der Waals surface area contributed by atoms with Crippen molar-refractivity contribution in [2.45, 2.75) is 19.9 Å². The first-order valence-electron chi connectivity index (χ1n) is 6.78. The number of hydrogen-bond donors (Lipinski definition) is 2. The maximum absolute atomic E-state index is 6.04. The summed E-state index contributed by atoms with van der Waals surface area (Å²) in [6.07, 6.45) is 1.78. The van der Waals surface area contributed by atoms with Crippen molar-refractivity contribution in [1.82, 2.24) is 10.3 Å². The van der Waals surface area contributed by atoms with E-state index in [-0.39, 0.29) is 6.04 Å². The van der Waals surface area contributed by atoms with Crippen LogP contribution in [0.15, 0.2) is 36.5 Å². The Morgan fingerprint density at radius 1 is 1.30 bits per heavy atom. The van der Waals surface area contributed by atoms with E-state index >= 15 is 0 Å². The van der Waals surface area contributed by atoms with E-state index in [1.807, 2.05) is 45.2 Å². The molecule has 0 saturated heterocycles. The number of nitrogen functional groups attached to an aromatic ring is 1. The van der Waals surface area contributed by atoms with Gasteiger partial charge in [-0.1, -0.05) is 18.2 Å². The number of benzene rings is 1. The Balaban J connectivity index is 2.49. The number of nitrogens with two attached hydrogens (primary N) is 1. The molecular weight excluding hydrogens is 250 g/mol. The Hall–Kier alpha value is -2.07. The van der Waals surface area contributed by atoms with Crippen LogP contribution in [0.1, 0.15) is 29.7 Å². The average Bonchev–Trinajstić information content (AvgIpc) is 2.45. The maximum Gasteiger partial charge on any atom is 0.128 e. The van der Waals surface area contributed by atoms with Crippen molar-refractivity contribution >= 4 is 5.82 Å². The number of anilines is 1. The number of pyridine rings is 1. The van der Waals surface area contributed by atoms with Gasteiger partial charge in [-0.3, -0.25) is 0 Å². The number of aryl methyl sites for hydroxylation is 1. The molecule has 20 heavy (non-hydrogen) atoms. The van der Waals surface area contributed by atoms with Crippen molar-refractivity contribution in [3.8, 4) is 5.75 Å². The first-order valence-corrected chi connectivity index (χ1v) is 6.78. The highest BCUT2D eigenvalue weighted by molar-refractivity contribution is 5.50. The number of hydrogen-bond acceptors (Lipinski definition) is 4. The average molecular weight is 271 g/mol. The van der Waals surface area contributed by atoms with Crippen LogP contribution in [0.2, 0.25) is 0 Å². The van der Waals surface area contributed by atoms with Gasteiger partial charge in [0.25, 0.3) is 0 Å². The molecule has 0 aliphatic rings. The lowest BCUT2D eigenvalue weighted by molar-refractivity contribution is 0.334. The summed E-state index contributed by atoms with van der Waals surface area (Å²) in [6, 6.07) is 10.0. The molecule has 2 aromatic rings. The first kappa shape index (κ1) is 14.3. The van der Waals surface area contributed by atoms with Gasteiger partial charge in [0.2, 0.25) is 0 Å². The van der Waals surface area contributed by atoms with Gasteiger partial charge in [0.05, 0.1) is 12.6 Å². The summed E-state index contributed by atoms with van der Waals surface area (Å²) in [7, 11) is 1.91. The molecule has 0 radical (unpaired) electrons. The lowest BCUT2D eigenvalue weighted by Crippen LogP contribution is -2.20. The van der Waals surface area contributed by atoms with Gasteiger partial charge in [0.15, 0.2) is 0 Å². The van der Waals surface area contributed by atoms with Crippen molar-refractivity contribution in [1.29, 1.82) is 0 Å². The Morgan fingerprint density at radius 2 is 2.05 bits per heavy atom. The first-order chi connectivity index (χ1) is 9.67. The van der Waals surface area contributed by atoms with Crippen molar-refractivity contribution in [2.24, 2.45) is 0 Å². The van der Waals surface area contributed by atoms with E-state index in [4.69, 9.17) is 10.5 Å². The number of rotatable bonds is 5. The molecule has 4 nitrogen and oxygen atoms in total. The molecule has 106 valence electrons. The Labute approximate surface area is 120 Å². The zero-order valence-corrected chi connectivity index (χ0v) is 12.2. The Morgan fingerprint density at radius 3 is 2.75 bits per heavy atom. The Bertz CT molecular complexity index is 584. The number of para-hydroxylation sites is 1. The second-order valence-corrected chi connectivity index (χ2v) is 4.68. The summed E-state index contributed by atoms with van der Waals surface area (Å²) >= 11 is 0. The third kappa shape index (κ3) is 2.91. The minimum absolute atomic E-state index is 0.0369. The predicted molar refractivity (Wildman–Crippen MR) is 81.9 cm³/mol. The monoisotopic (exact) mass is 271 g/mol. The molecule has 4 heteroatoms. The summed E-state index contributed by atoms with van der Waals surface area (Å²) in [4.78, 5) is 4.25. The topological polar surface area (TPSA) is 60.2 Å². The third-order valence-corrected chi connectivity index (χ3v) is 3.22. The van der Waals surface area contributed by atoms with Gasteiger partial charge in [0.1, 0.15) is 11.6 Å². The molecule has 1 aromatic carbocycles. The largest absolute Gasteiger partial charge is 0.494 e. The van der Waals surface area contributed by atoms with Gasteiger partial charge in [-0.2, -0.15) is 0 Å². The summed E-state index contributed by atoms with van der Waals surface area (Å²) in [5.41, 5.74) is 9.16. The lowest BCUT2D eigenvalue weighted by atomic mass is 9.97. The summed E-state index contributed by atoms with van der Waals surface area (Å²) in [6.45, 7) is 4.62. The number of ether oxygens (including phenoxy) is 1. The second-order valence-electron chi connectivity index (χ2n) is 4.68. The quantitative estimate of drug-likeness (QED) is 0.877. The minimum atomic E-state index is -0.0369. The second kappa shape index (κ2) is 6.39. The molecule has 0 aliphatic carbocycles. The van der Waals surface area contributed by atoms with Crippen LogP contribution >= 0.6 is 0 Å². The molecule has 1 aromatic heterocycles. The van der Waals surface area contributed by atoms with Gasteiger partial charge in [-0.05, 0) is 38.6 Å². The highest BCUT2D eigenvalue weighted by Gasteiger charge is 2.19. The van der Waals surface area contributed by atoms with Crippen LogP contribution in [-0.2, 0) is 0 Å². The van der Waals surface area contributed by atoms with E-state index in [0.717, 1.165) is 22.4 Å². The van der Waals surface area contributed by atoms with Crippen LogP contribution in [0.4, 0.5) is 5.82 Å². The summed E-state index contributed by atoms with van der Waals surface area (Å²) < 4.78 is 5.71. The SMILES string of the molecule is CCOc1ccccc1C(NC)c1cc(C)cnc1N. The number of nitrogens with zero attached hydrogens (tertiary/aromatic N) is 1. The van der Waals surface area contributed by atoms with Crippen LogP contribution in [0.25, 0.3) is 0 Å². The predicted octanol–water partition coefficient (Wildman–Crippen LogP) is 2.68. The van der Waals surface area contributed by atoms with E-state index < -0.39 is 0 Å². The smallest absolute Gasteiger partial charge is 0.128 e. The van der Waals surface area contributed by atoms with Gasteiger partial charge in [0, 0.05) is 17.3 Å². The minimum Gasteiger partial charge on any atom is -0.494 e. The van der Waals surface area contributed by atoms with Crippen LogP contribution in [0.3, 0.4) is 0 Å². The summed E-state index contributed by atoms with van der Waals surface area (Å²) in [5.74, 6) is 1.41. The molecular formula is C16H21N3O. The molecule has 0 fully saturated rings. The molecule has 0 spiro atoms. The van der Waals surface area contributed by atoms with E-state index in [2.05, 4.69) is 16.4 Å². The van der Waals surface area contributed by atoms with Gasteiger partial charge < -0.3 is 15.8 Å². The van der Waals surface area contributed by atoms with Crippen LogP contribution in [-0.4, -0.2) is 18.6 Å². The molecule has 0 bridgehead atoms. The van der Waals surface area contributed by atoms with Crippen molar-refractivity contribution in [2.75, 3.05) is 19.4 Å². The third-order valence-electron chi connectivity index (χ3n) is 3.22. The van der Waals surface area contributed by atoms with E-state index in [1.165, 1.54) is 0 Å². The normalized spacial score (nSPS) is 12.2. The van der Waals surface area contributed by atoms with Crippen LogP contribution in [0.5, 0.6) is 5.75 Å². The molecule has 0 aliphatic heterocycles. The molecule has 1 heterocycles. The molecule has 0 amide bonds. The highest BCUT2D eigenvalue weighted by atomic mass is 16.5. The van der Waals surface area contributed by atoms with Crippen molar-refractivity contribution in [3.63, 3.8) is 0 Å². The molecule has 3 N–H and O–H groups in total. The van der Waals surface area contributed by atoms with Gasteiger partial charge >= 0.3 is 0 Å². The fourth-order valence-electron chi connectivity index (χ4n) is 2.32. The van der Waals surface area contributed by atoms with Crippen molar-refractivity contribution in [3.05, 3.63) is 53.2 Å². The standard InChI is InChI=1S/C16H21N3O/c1-4-20-14-8-6-5-7-12(14)15(18-3)13-9-11(2)10-19-16(13)17/h5-10,15,18H,4H2,1-3H3,(H2,17,19). The van der Waals surface area contributed by atoms with Gasteiger partial charge in [-0.15, -0.1) is 0 Å². The van der Waals surface area contributed by atoms with E-state index in [0.29, 0.717) is 12.4 Å². The van der Waals surface area contributed by atoms with Crippen molar-refractivity contribution < 1.29 is 4.74 Å². The zero-order chi connectivity index (χ0) is 14.5. The lowest BCUT2D eigenvalue weighted by Gasteiger charge is -2.21. The molecule has 1 atom stereocenters. The zero-order valence-electron chi connectivity index (χ0n) is 12.2.